The first kappa shape index (κ1) is 14.2. The molecule has 0 saturated carbocycles. The molecule has 0 N–H and O–H groups in total. The molecule has 6 heteroatoms. The number of aromatic nitrogens is 2. The summed E-state index contributed by atoms with van der Waals surface area (Å²) in [5, 5.41) is 0. The highest BCUT2D eigenvalue weighted by atomic mass is 16.5. The predicted molar refractivity (Wildman–Crippen MR) is 67.8 cm³/mol. The summed E-state index contributed by atoms with van der Waals surface area (Å²) in [4.78, 5) is 21.6. The van der Waals surface area contributed by atoms with E-state index in [1.54, 1.807) is 13.0 Å². The minimum absolute atomic E-state index is 0.162. The summed E-state index contributed by atoms with van der Waals surface area (Å²) in [5.74, 6) is 1.49. The Hall–Kier alpha value is -1.85. The van der Waals surface area contributed by atoms with Crippen molar-refractivity contribution in [2.24, 2.45) is 0 Å². The maximum atomic E-state index is 11.3. The van der Waals surface area contributed by atoms with Gasteiger partial charge >= 0.3 is 5.97 Å². The molecule has 0 spiro atoms. The minimum atomic E-state index is -0.300. The van der Waals surface area contributed by atoms with E-state index in [0.717, 1.165) is 0 Å². The fraction of sp³-hybridized carbons (Fsp3) is 0.583. The number of nitrogens with zero attached hydrogens (tertiary/aromatic N) is 3. The molecule has 100 valence electrons. The molecule has 1 rings (SSSR count). The first-order chi connectivity index (χ1) is 8.60. The number of likely N-dealkylation sites (N-methyl/N-ethyl adjacent to an activating group) is 1. The monoisotopic (exact) mass is 253 g/mol. The molecule has 0 fully saturated rings. The molecule has 1 aromatic rings. The molecule has 1 aromatic heterocycles. The predicted octanol–water partition coefficient (Wildman–Crippen LogP) is 1.18. The third kappa shape index (κ3) is 3.87. The lowest BCUT2D eigenvalue weighted by Crippen LogP contribution is -2.31. The Bertz CT molecular complexity index is 410. The van der Waals surface area contributed by atoms with E-state index >= 15 is 0 Å². The van der Waals surface area contributed by atoms with Gasteiger partial charge in [-0.1, -0.05) is 0 Å². The van der Waals surface area contributed by atoms with Gasteiger partial charge in [-0.25, -0.2) is 4.98 Å². The van der Waals surface area contributed by atoms with Crippen LogP contribution in [-0.2, 0) is 9.53 Å². The molecule has 0 aromatic carbocycles. The van der Waals surface area contributed by atoms with Gasteiger partial charge in [0.2, 0.25) is 5.88 Å². The molecule has 0 amide bonds. The van der Waals surface area contributed by atoms with Crippen LogP contribution in [0.3, 0.4) is 0 Å². The van der Waals surface area contributed by atoms with Crippen LogP contribution in [-0.4, -0.2) is 42.7 Å². The second-order valence-electron chi connectivity index (χ2n) is 3.63. The van der Waals surface area contributed by atoms with E-state index in [2.05, 4.69) is 14.7 Å². The average molecular weight is 253 g/mol. The lowest BCUT2D eigenvalue weighted by molar-refractivity contribution is -0.138. The van der Waals surface area contributed by atoms with Gasteiger partial charge in [0.25, 0.3) is 0 Å². The first-order valence-electron chi connectivity index (χ1n) is 5.90. The second kappa shape index (κ2) is 6.78. The quantitative estimate of drug-likeness (QED) is 0.709. The maximum Gasteiger partial charge on any atom is 0.325 e. The van der Waals surface area contributed by atoms with Crippen LogP contribution in [0.2, 0.25) is 0 Å². The van der Waals surface area contributed by atoms with Crippen molar-refractivity contribution >= 4 is 11.8 Å². The maximum absolute atomic E-state index is 11.3. The van der Waals surface area contributed by atoms with Gasteiger partial charge in [-0.05, 0) is 20.8 Å². The van der Waals surface area contributed by atoms with E-state index in [4.69, 9.17) is 4.74 Å². The Morgan fingerprint density at radius 3 is 2.67 bits per heavy atom. The van der Waals surface area contributed by atoms with Crippen LogP contribution in [0.1, 0.15) is 19.7 Å². The summed E-state index contributed by atoms with van der Waals surface area (Å²) in [6, 6.07) is 1.73. The number of esters is 1. The summed E-state index contributed by atoms with van der Waals surface area (Å²) in [6.07, 6.45) is 0. The topological polar surface area (TPSA) is 64.5 Å². The summed E-state index contributed by atoms with van der Waals surface area (Å²) in [7, 11) is 1.37. The molecule has 0 saturated heterocycles. The number of methoxy groups -OCH3 is 1. The van der Waals surface area contributed by atoms with E-state index in [0.29, 0.717) is 30.7 Å². The molecule has 0 aliphatic rings. The number of ether oxygens (including phenoxy) is 2. The second-order valence-corrected chi connectivity index (χ2v) is 3.63. The Balaban J connectivity index is 2.93. The molecule has 0 bridgehead atoms. The molecule has 1 heterocycles. The van der Waals surface area contributed by atoms with Crippen molar-refractivity contribution in [3.05, 3.63) is 11.9 Å². The average Bonchev–Trinajstić information content (AvgIpc) is 2.35. The Morgan fingerprint density at radius 2 is 2.11 bits per heavy atom. The summed E-state index contributed by atoms with van der Waals surface area (Å²) < 4.78 is 10.0. The molecule has 6 nitrogen and oxygen atoms in total. The summed E-state index contributed by atoms with van der Waals surface area (Å²) in [5.41, 5.74) is 0. The summed E-state index contributed by atoms with van der Waals surface area (Å²) >= 11 is 0. The number of carbonyl (C=O) groups excluding carboxylic acids is 1. The SMILES string of the molecule is CCOc1cc(N(CC)CC(=O)OC)nc(C)n1. The smallest absolute Gasteiger partial charge is 0.325 e. The number of rotatable bonds is 6. The molecule has 0 aliphatic carbocycles. The third-order valence-corrected chi connectivity index (χ3v) is 2.35. The van der Waals surface area contributed by atoms with Gasteiger partial charge in [-0.2, -0.15) is 4.98 Å². The number of hydrogen-bond acceptors (Lipinski definition) is 6. The van der Waals surface area contributed by atoms with E-state index in [1.807, 2.05) is 18.7 Å². The van der Waals surface area contributed by atoms with Crippen molar-refractivity contribution in [1.29, 1.82) is 0 Å². The number of anilines is 1. The van der Waals surface area contributed by atoms with Crippen LogP contribution < -0.4 is 9.64 Å². The van der Waals surface area contributed by atoms with Gasteiger partial charge in [-0.3, -0.25) is 4.79 Å². The van der Waals surface area contributed by atoms with E-state index in [1.165, 1.54) is 7.11 Å². The standard InChI is InChI=1S/C12H19N3O3/c1-5-15(8-12(16)17-4)10-7-11(18-6-2)14-9(3)13-10/h7H,5-6,8H2,1-4H3. The molecule has 0 unspecified atom stereocenters. The molecular formula is C12H19N3O3. The van der Waals surface area contributed by atoms with Crippen molar-refractivity contribution in [3.63, 3.8) is 0 Å². The van der Waals surface area contributed by atoms with Crippen molar-refractivity contribution in [2.75, 3.05) is 31.7 Å². The fourth-order valence-electron chi connectivity index (χ4n) is 1.48. The Morgan fingerprint density at radius 1 is 1.39 bits per heavy atom. The normalized spacial score (nSPS) is 10.0. The van der Waals surface area contributed by atoms with E-state index in [9.17, 15) is 4.79 Å². The molecule has 0 radical (unpaired) electrons. The Labute approximate surface area is 107 Å². The van der Waals surface area contributed by atoms with Gasteiger partial charge in [0, 0.05) is 12.6 Å². The van der Waals surface area contributed by atoms with Gasteiger partial charge in [0.05, 0.1) is 13.7 Å². The van der Waals surface area contributed by atoms with Crippen LogP contribution in [0.25, 0.3) is 0 Å². The number of hydrogen-bond donors (Lipinski definition) is 0. The zero-order valence-corrected chi connectivity index (χ0v) is 11.3. The van der Waals surface area contributed by atoms with Gasteiger partial charge in [0.15, 0.2) is 0 Å². The number of aryl methyl sites for hydroxylation is 1. The third-order valence-electron chi connectivity index (χ3n) is 2.35. The zero-order chi connectivity index (χ0) is 13.5. The summed E-state index contributed by atoms with van der Waals surface area (Å²) in [6.45, 7) is 6.98. The highest BCUT2D eigenvalue weighted by Crippen LogP contribution is 2.17. The molecule has 0 aliphatic heterocycles. The molecule has 0 atom stereocenters. The zero-order valence-electron chi connectivity index (χ0n) is 11.3. The van der Waals surface area contributed by atoms with E-state index < -0.39 is 0 Å². The first-order valence-corrected chi connectivity index (χ1v) is 5.90. The van der Waals surface area contributed by atoms with Crippen molar-refractivity contribution in [1.82, 2.24) is 9.97 Å². The van der Waals surface area contributed by atoms with Crippen molar-refractivity contribution in [3.8, 4) is 5.88 Å². The largest absolute Gasteiger partial charge is 0.478 e. The highest BCUT2D eigenvalue weighted by Gasteiger charge is 2.13. The number of carbonyl (C=O) groups is 1. The van der Waals surface area contributed by atoms with Gasteiger partial charge in [0.1, 0.15) is 18.2 Å². The lowest BCUT2D eigenvalue weighted by Gasteiger charge is -2.21. The highest BCUT2D eigenvalue weighted by molar-refractivity contribution is 5.75. The molecular weight excluding hydrogens is 234 g/mol. The van der Waals surface area contributed by atoms with Gasteiger partial charge in [-0.15, -0.1) is 0 Å². The van der Waals surface area contributed by atoms with Crippen LogP contribution in [0, 0.1) is 6.92 Å². The van der Waals surface area contributed by atoms with Crippen LogP contribution in [0.4, 0.5) is 5.82 Å². The Kier molecular flexibility index (Phi) is 5.35. The lowest BCUT2D eigenvalue weighted by atomic mass is 10.4. The minimum Gasteiger partial charge on any atom is -0.478 e. The van der Waals surface area contributed by atoms with Crippen LogP contribution >= 0.6 is 0 Å². The van der Waals surface area contributed by atoms with Crippen molar-refractivity contribution < 1.29 is 14.3 Å². The van der Waals surface area contributed by atoms with Crippen molar-refractivity contribution in [2.45, 2.75) is 20.8 Å². The molecule has 18 heavy (non-hydrogen) atoms. The fourth-order valence-corrected chi connectivity index (χ4v) is 1.48. The van der Waals surface area contributed by atoms with Crippen LogP contribution in [0.5, 0.6) is 5.88 Å². The van der Waals surface area contributed by atoms with Crippen LogP contribution in [0.15, 0.2) is 6.07 Å². The van der Waals surface area contributed by atoms with E-state index in [-0.39, 0.29) is 12.5 Å². The van der Waals surface area contributed by atoms with Gasteiger partial charge < -0.3 is 14.4 Å².